The third kappa shape index (κ3) is 7.34. The summed E-state index contributed by atoms with van der Waals surface area (Å²) in [5.41, 5.74) is 2.98. The van der Waals surface area contributed by atoms with Crippen LogP contribution in [0.25, 0.3) is 0 Å². The first kappa shape index (κ1) is 15.9. The number of nitrogens with two attached hydrogens (primary N) is 1. The highest BCUT2D eigenvalue weighted by molar-refractivity contribution is 4.68. The van der Waals surface area contributed by atoms with Gasteiger partial charge in [-0.05, 0) is 38.5 Å². The predicted octanol–water partition coefficient (Wildman–Crippen LogP) is 3.53. The molecule has 3 N–H and O–H groups in total. The lowest BCUT2D eigenvalue weighted by atomic mass is 10.0. The van der Waals surface area contributed by atoms with Crippen LogP contribution in [0.1, 0.15) is 77.6 Å². The summed E-state index contributed by atoms with van der Waals surface area (Å²) in [6, 6.07) is 0.507. The van der Waals surface area contributed by atoms with E-state index in [1.807, 2.05) is 0 Å². The third-order valence-corrected chi connectivity index (χ3v) is 3.99. The fourth-order valence-corrected chi connectivity index (χ4v) is 2.77. The van der Waals surface area contributed by atoms with Gasteiger partial charge in [0.1, 0.15) is 0 Å². The second-order valence-electron chi connectivity index (χ2n) is 5.63. The van der Waals surface area contributed by atoms with Gasteiger partial charge in [-0.3, -0.25) is 11.3 Å². The quantitative estimate of drug-likeness (QED) is 0.338. The molecule has 1 aliphatic rings. The van der Waals surface area contributed by atoms with Gasteiger partial charge in [-0.25, -0.2) is 0 Å². The maximum atomic E-state index is 5.64. The number of rotatable bonds is 11. The van der Waals surface area contributed by atoms with Gasteiger partial charge in [-0.1, -0.05) is 39.0 Å². The van der Waals surface area contributed by atoms with Crippen molar-refractivity contribution in [2.45, 2.75) is 89.7 Å². The van der Waals surface area contributed by atoms with Gasteiger partial charge >= 0.3 is 0 Å². The van der Waals surface area contributed by atoms with Crippen LogP contribution in [0.3, 0.4) is 0 Å². The molecule has 0 aromatic heterocycles. The van der Waals surface area contributed by atoms with Crippen LogP contribution in [0.4, 0.5) is 0 Å². The van der Waals surface area contributed by atoms with Gasteiger partial charge < -0.3 is 4.74 Å². The zero-order chi connectivity index (χ0) is 13.1. The molecule has 1 heterocycles. The van der Waals surface area contributed by atoms with Crippen molar-refractivity contribution in [2.75, 3.05) is 6.61 Å². The number of unbranched alkanes of at least 4 members (excludes halogenated alkanes) is 4. The van der Waals surface area contributed by atoms with E-state index >= 15 is 0 Å². The molecule has 2 unspecified atom stereocenters. The highest BCUT2D eigenvalue weighted by Crippen LogP contribution is 2.19. The maximum absolute atomic E-state index is 5.64. The van der Waals surface area contributed by atoms with Crippen LogP contribution in [-0.2, 0) is 4.74 Å². The van der Waals surface area contributed by atoms with Gasteiger partial charge in [-0.2, -0.15) is 0 Å². The SMILES string of the molecule is CCCCCCCC(CCCC1CCCO1)NN. The minimum Gasteiger partial charge on any atom is -0.378 e. The molecule has 1 fully saturated rings. The zero-order valence-corrected chi connectivity index (χ0v) is 12.1. The Morgan fingerprint density at radius 2 is 1.94 bits per heavy atom. The summed E-state index contributed by atoms with van der Waals surface area (Å²) in [7, 11) is 0. The highest BCUT2D eigenvalue weighted by atomic mass is 16.5. The molecule has 18 heavy (non-hydrogen) atoms. The third-order valence-electron chi connectivity index (χ3n) is 3.99. The average Bonchev–Trinajstić information content (AvgIpc) is 2.89. The Balaban J connectivity index is 1.95. The zero-order valence-electron chi connectivity index (χ0n) is 12.1. The molecule has 0 saturated carbocycles. The van der Waals surface area contributed by atoms with Crippen molar-refractivity contribution in [2.24, 2.45) is 5.84 Å². The monoisotopic (exact) mass is 256 g/mol. The summed E-state index contributed by atoms with van der Waals surface area (Å²) in [5, 5.41) is 0. The summed E-state index contributed by atoms with van der Waals surface area (Å²) in [4.78, 5) is 0. The molecule has 0 aromatic carbocycles. The molecule has 0 radical (unpaired) electrons. The first-order chi connectivity index (χ1) is 8.86. The van der Waals surface area contributed by atoms with Crippen LogP contribution in [-0.4, -0.2) is 18.8 Å². The minimum atomic E-state index is 0.507. The molecule has 0 amide bonds. The summed E-state index contributed by atoms with van der Waals surface area (Å²) >= 11 is 0. The first-order valence-electron chi connectivity index (χ1n) is 7.94. The summed E-state index contributed by atoms with van der Waals surface area (Å²) in [6.45, 7) is 3.23. The molecule has 0 spiro atoms. The van der Waals surface area contributed by atoms with Gasteiger partial charge in [0, 0.05) is 12.6 Å². The van der Waals surface area contributed by atoms with Crippen LogP contribution < -0.4 is 11.3 Å². The van der Waals surface area contributed by atoms with E-state index in [4.69, 9.17) is 10.6 Å². The minimum absolute atomic E-state index is 0.507. The first-order valence-corrected chi connectivity index (χ1v) is 7.94. The lowest BCUT2D eigenvalue weighted by Gasteiger charge is -2.16. The Morgan fingerprint density at radius 3 is 2.61 bits per heavy atom. The Kier molecular flexibility index (Phi) is 9.54. The lowest BCUT2D eigenvalue weighted by Crippen LogP contribution is -2.35. The number of hydrogen-bond acceptors (Lipinski definition) is 3. The standard InChI is InChI=1S/C15H32N2O/c1-2-3-4-5-6-9-14(17-16)10-7-11-15-12-8-13-18-15/h14-15,17H,2-13,16H2,1H3. The molecule has 3 heteroatoms. The van der Waals surface area contributed by atoms with E-state index in [2.05, 4.69) is 12.3 Å². The largest absolute Gasteiger partial charge is 0.378 e. The van der Waals surface area contributed by atoms with Gasteiger partial charge in [0.15, 0.2) is 0 Å². The predicted molar refractivity (Wildman–Crippen MR) is 77.3 cm³/mol. The Hall–Kier alpha value is -0.120. The number of hydrogen-bond donors (Lipinski definition) is 2. The lowest BCUT2D eigenvalue weighted by molar-refractivity contribution is 0.101. The Bertz CT molecular complexity index is 181. The molecule has 2 atom stereocenters. The molecule has 108 valence electrons. The van der Waals surface area contributed by atoms with E-state index in [0.717, 1.165) is 6.61 Å². The van der Waals surface area contributed by atoms with E-state index in [1.54, 1.807) is 0 Å². The molecule has 1 aliphatic heterocycles. The Labute approximate surface area is 113 Å². The van der Waals surface area contributed by atoms with Crippen molar-refractivity contribution in [3.63, 3.8) is 0 Å². The summed E-state index contributed by atoms with van der Waals surface area (Å²) in [6.07, 6.45) is 14.7. The molecular weight excluding hydrogens is 224 g/mol. The van der Waals surface area contributed by atoms with Crippen molar-refractivity contribution >= 4 is 0 Å². The van der Waals surface area contributed by atoms with Crippen LogP contribution >= 0.6 is 0 Å². The topological polar surface area (TPSA) is 47.3 Å². The highest BCUT2D eigenvalue weighted by Gasteiger charge is 2.15. The molecule has 0 bridgehead atoms. The average molecular weight is 256 g/mol. The number of ether oxygens (including phenoxy) is 1. The normalized spacial score (nSPS) is 21.3. The molecule has 1 saturated heterocycles. The Morgan fingerprint density at radius 1 is 1.17 bits per heavy atom. The summed E-state index contributed by atoms with van der Waals surface area (Å²) in [5.74, 6) is 5.63. The van der Waals surface area contributed by atoms with E-state index in [0.29, 0.717) is 12.1 Å². The smallest absolute Gasteiger partial charge is 0.0576 e. The molecular formula is C15H32N2O. The van der Waals surface area contributed by atoms with Crippen molar-refractivity contribution < 1.29 is 4.74 Å². The van der Waals surface area contributed by atoms with Crippen molar-refractivity contribution in [1.29, 1.82) is 0 Å². The fraction of sp³-hybridized carbons (Fsp3) is 1.00. The molecule has 1 rings (SSSR count). The van der Waals surface area contributed by atoms with E-state index in [-0.39, 0.29) is 0 Å². The number of hydrazine groups is 1. The van der Waals surface area contributed by atoms with Crippen LogP contribution in [0.2, 0.25) is 0 Å². The van der Waals surface area contributed by atoms with Crippen molar-refractivity contribution in [1.82, 2.24) is 5.43 Å². The second-order valence-corrected chi connectivity index (χ2v) is 5.63. The van der Waals surface area contributed by atoms with Gasteiger partial charge in [-0.15, -0.1) is 0 Å². The van der Waals surface area contributed by atoms with E-state index in [9.17, 15) is 0 Å². The van der Waals surface area contributed by atoms with Crippen molar-refractivity contribution in [3.05, 3.63) is 0 Å². The number of nitrogens with one attached hydrogen (secondary N) is 1. The van der Waals surface area contributed by atoms with Gasteiger partial charge in [0.05, 0.1) is 6.10 Å². The molecule has 0 aliphatic carbocycles. The van der Waals surface area contributed by atoms with Crippen LogP contribution in [0, 0.1) is 0 Å². The summed E-state index contributed by atoms with van der Waals surface area (Å²) < 4.78 is 5.64. The van der Waals surface area contributed by atoms with Gasteiger partial charge in [0.2, 0.25) is 0 Å². The van der Waals surface area contributed by atoms with Crippen LogP contribution in [0.5, 0.6) is 0 Å². The van der Waals surface area contributed by atoms with E-state index in [1.165, 1.54) is 70.6 Å². The fourth-order valence-electron chi connectivity index (χ4n) is 2.77. The van der Waals surface area contributed by atoms with Gasteiger partial charge in [0.25, 0.3) is 0 Å². The van der Waals surface area contributed by atoms with E-state index < -0.39 is 0 Å². The van der Waals surface area contributed by atoms with Crippen LogP contribution in [0.15, 0.2) is 0 Å². The maximum Gasteiger partial charge on any atom is 0.0576 e. The van der Waals surface area contributed by atoms with Crippen molar-refractivity contribution in [3.8, 4) is 0 Å². The molecule has 0 aromatic rings. The second kappa shape index (κ2) is 10.8. The molecule has 3 nitrogen and oxygen atoms in total.